The van der Waals surface area contributed by atoms with E-state index in [0.717, 1.165) is 23.7 Å². The molecular weight excluding hydrogens is 274 g/mol. The third-order valence-corrected chi connectivity index (χ3v) is 4.12. The van der Waals surface area contributed by atoms with Gasteiger partial charge in [-0.15, -0.1) is 5.10 Å². The molecule has 7 heteroatoms. The molecular formula is C13H15N5OS. The average molecular weight is 289 g/mol. The molecule has 1 aliphatic rings. The molecule has 6 nitrogen and oxygen atoms in total. The standard InChI is InChI=1S/C13H15N5OS/c1-17(10-5-3-2-4-6-10)12(19)9-20-13-14-15-16-18(13)11-7-8-11/h2-6,11H,7-9H2,1H3. The maximum Gasteiger partial charge on any atom is 0.237 e. The smallest absolute Gasteiger partial charge is 0.237 e. The number of nitrogens with zero attached hydrogens (tertiary/aromatic N) is 5. The number of aromatic nitrogens is 4. The average Bonchev–Trinajstić information content (AvgIpc) is 3.23. The van der Waals surface area contributed by atoms with Crippen LogP contribution in [0.5, 0.6) is 0 Å². The van der Waals surface area contributed by atoms with Crippen LogP contribution in [0, 0.1) is 0 Å². The predicted octanol–water partition coefficient (Wildman–Crippen LogP) is 1.76. The summed E-state index contributed by atoms with van der Waals surface area (Å²) in [5, 5.41) is 12.4. The number of amides is 1. The fourth-order valence-corrected chi connectivity index (χ4v) is 2.71. The Labute approximate surface area is 121 Å². The zero-order valence-electron chi connectivity index (χ0n) is 11.1. The van der Waals surface area contributed by atoms with Crippen molar-refractivity contribution in [1.82, 2.24) is 20.2 Å². The van der Waals surface area contributed by atoms with Crippen LogP contribution in [-0.2, 0) is 4.79 Å². The van der Waals surface area contributed by atoms with Crippen LogP contribution in [0.2, 0.25) is 0 Å². The minimum absolute atomic E-state index is 0.0338. The van der Waals surface area contributed by atoms with Crippen LogP contribution in [-0.4, -0.2) is 38.9 Å². The van der Waals surface area contributed by atoms with Gasteiger partial charge in [-0.2, -0.15) is 0 Å². The van der Waals surface area contributed by atoms with Gasteiger partial charge in [-0.1, -0.05) is 30.0 Å². The van der Waals surface area contributed by atoms with Crippen molar-refractivity contribution in [3.05, 3.63) is 30.3 Å². The molecule has 1 aromatic carbocycles. The molecule has 0 atom stereocenters. The Balaban J connectivity index is 1.60. The summed E-state index contributed by atoms with van der Waals surface area (Å²) in [5.41, 5.74) is 0.889. The zero-order chi connectivity index (χ0) is 13.9. The van der Waals surface area contributed by atoms with E-state index in [-0.39, 0.29) is 5.91 Å². The zero-order valence-corrected chi connectivity index (χ0v) is 12.0. The van der Waals surface area contributed by atoms with Gasteiger partial charge < -0.3 is 4.90 Å². The number of thioether (sulfide) groups is 1. The van der Waals surface area contributed by atoms with E-state index in [1.54, 1.807) is 11.9 Å². The van der Waals surface area contributed by atoms with Crippen LogP contribution < -0.4 is 4.90 Å². The van der Waals surface area contributed by atoms with Crippen LogP contribution in [0.25, 0.3) is 0 Å². The van der Waals surface area contributed by atoms with Gasteiger partial charge >= 0.3 is 0 Å². The molecule has 1 heterocycles. The minimum atomic E-state index is 0.0338. The van der Waals surface area contributed by atoms with Crippen molar-refractivity contribution >= 4 is 23.4 Å². The van der Waals surface area contributed by atoms with Crippen LogP contribution in [0.15, 0.2) is 35.5 Å². The maximum atomic E-state index is 12.2. The molecule has 0 spiro atoms. The topological polar surface area (TPSA) is 63.9 Å². The molecule has 0 aliphatic heterocycles. The van der Waals surface area contributed by atoms with Gasteiger partial charge in [0, 0.05) is 12.7 Å². The number of carbonyl (C=O) groups is 1. The van der Waals surface area contributed by atoms with E-state index in [1.807, 2.05) is 35.0 Å². The van der Waals surface area contributed by atoms with Crippen molar-refractivity contribution in [3.8, 4) is 0 Å². The number of hydrogen-bond donors (Lipinski definition) is 0. The largest absolute Gasteiger partial charge is 0.315 e. The number of carbonyl (C=O) groups excluding carboxylic acids is 1. The number of rotatable bonds is 5. The first kappa shape index (κ1) is 13.1. The highest BCUT2D eigenvalue weighted by Crippen LogP contribution is 2.36. The van der Waals surface area contributed by atoms with Crippen molar-refractivity contribution in [3.63, 3.8) is 0 Å². The van der Waals surface area contributed by atoms with Gasteiger partial charge in [-0.25, -0.2) is 4.68 Å². The summed E-state index contributed by atoms with van der Waals surface area (Å²) in [6.07, 6.45) is 2.24. The maximum absolute atomic E-state index is 12.2. The Bertz CT molecular complexity index is 596. The van der Waals surface area contributed by atoms with Gasteiger partial charge in [-0.3, -0.25) is 4.79 Å². The SMILES string of the molecule is CN(C(=O)CSc1nnnn1C1CC1)c1ccccc1. The molecule has 0 unspecified atom stereocenters. The molecule has 0 bridgehead atoms. The fourth-order valence-electron chi connectivity index (χ4n) is 1.85. The highest BCUT2D eigenvalue weighted by molar-refractivity contribution is 7.99. The van der Waals surface area contributed by atoms with Gasteiger partial charge in [0.1, 0.15) is 0 Å². The van der Waals surface area contributed by atoms with Crippen molar-refractivity contribution < 1.29 is 4.79 Å². The highest BCUT2D eigenvalue weighted by atomic mass is 32.2. The van der Waals surface area contributed by atoms with E-state index in [9.17, 15) is 4.79 Å². The normalized spacial score (nSPS) is 14.2. The Morgan fingerprint density at radius 1 is 1.40 bits per heavy atom. The van der Waals surface area contributed by atoms with Crippen LogP contribution >= 0.6 is 11.8 Å². The minimum Gasteiger partial charge on any atom is -0.315 e. The quantitative estimate of drug-likeness (QED) is 0.785. The number of benzene rings is 1. The molecule has 1 saturated carbocycles. The third kappa shape index (κ3) is 2.82. The van der Waals surface area contributed by atoms with Gasteiger partial charge in [0.15, 0.2) is 0 Å². The summed E-state index contributed by atoms with van der Waals surface area (Å²) in [6, 6.07) is 10.0. The van der Waals surface area contributed by atoms with Gasteiger partial charge in [0.25, 0.3) is 0 Å². The van der Waals surface area contributed by atoms with Crippen LogP contribution in [0.1, 0.15) is 18.9 Å². The van der Waals surface area contributed by atoms with E-state index < -0.39 is 0 Å². The van der Waals surface area contributed by atoms with E-state index in [0.29, 0.717) is 11.8 Å². The Morgan fingerprint density at radius 2 is 2.15 bits per heavy atom. The van der Waals surface area contributed by atoms with Crippen LogP contribution in [0.3, 0.4) is 0 Å². The summed E-state index contributed by atoms with van der Waals surface area (Å²) in [5.74, 6) is 0.366. The lowest BCUT2D eigenvalue weighted by atomic mass is 10.3. The molecule has 1 aliphatic carbocycles. The second-order valence-electron chi connectivity index (χ2n) is 4.71. The molecule has 2 aromatic rings. The summed E-state index contributed by atoms with van der Waals surface area (Å²) < 4.78 is 1.82. The summed E-state index contributed by atoms with van der Waals surface area (Å²) in [7, 11) is 1.78. The Morgan fingerprint density at radius 3 is 2.85 bits per heavy atom. The van der Waals surface area contributed by atoms with Crippen molar-refractivity contribution in [2.45, 2.75) is 24.0 Å². The molecule has 104 valence electrons. The lowest BCUT2D eigenvalue weighted by Crippen LogP contribution is -2.27. The van der Waals surface area contributed by atoms with Crippen molar-refractivity contribution in [1.29, 1.82) is 0 Å². The summed E-state index contributed by atoms with van der Waals surface area (Å²) >= 11 is 1.39. The van der Waals surface area contributed by atoms with Crippen LogP contribution in [0.4, 0.5) is 5.69 Å². The molecule has 0 saturated heterocycles. The lowest BCUT2D eigenvalue weighted by molar-refractivity contribution is -0.115. The molecule has 1 aromatic heterocycles. The van der Waals surface area contributed by atoms with Gasteiger partial charge in [0.2, 0.25) is 11.1 Å². The Kier molecular flexibility index (Phi) is 3.68. The van der Waals surface area contributed by atoms with E-state index in [4.69, 9.17) is 0 Å². The molecule has 0 N–H and O–H groups in total. The van der Waals surface area contributed by atoms with Crippen molar-refractivity contribution in [2.24, 2.45) is 0 Å². The number of hydrogen-bond acceptors (Lipinski definition) is 5. The number of para-hydroxylation sites is 1. The Hall–Kier alpha value is -1.89. The highest BCUT2D eigenvalue weighted by Gasteiger charge is 2.28. The predicted molar refractivity (Wildman–Crippen MR) is 76.7 cm³/mol. The molecule has 1 amide bonds. The van der Waals surface area contributed by atoms with Gasteiger partial charge in [0.05, 0.1) is 11.8 Å². The van der Waals surface area contributed by atoms with Gasteiger partial charge in [-0.05, 0) is 35.4 Å². The first-order valence-corrected chi connectivity index (χ1v) is 7.46. The number of tetrazole rings is 1. The number of anilines is 1. The summed E-state index contributed by atoms with van der Waals surface area (Å²) in [4.78, 5) is 13.8. The third-order valence-electron chi connectivity index (χ3n) is 3.20. The second-order valence-corrected chi connectivity index (χ2v) is 5.66. The van der Waals surface area contributed by atoms with E-state index in [1.165, 1.54) is 11.8 Å². The molecule has 1 fully saturated rings. The lowest BCUT2D eigenvalue weighted by Gasteiger charge is -2.16. The first-order chi connectivity index (χ1) is 9.75. The van der Waals surface area contributed by atoms with E-state index in [2.05, 4.69) is 15.5 Å². The molecule has 3 rings (SSSR count). The fraction of sp³-hybridized carbons (Fsp3) is 0.385. The first-order valence-electron chi connectivity index (χ1n) is 6.48. The molecule has 20 heavy (non-hydrogen) atoms. The second kappa shape index (κ2) is 5.62. The molecule has 0 radical (unpaired) electrons. The van der Waals surface area contributed by atoms with Crippen molar-refractivity contribution in [2.75, 3.05) is 17.7 Å². The monoisotopic (exact) mass is 289 g/mol. The summed E-state index contributed by atoms with van der Waals surface area (Å²) in [6.45, 7) is 0. The van der Waals surface area contributed by atoms with E-state index >= 15 is 0 Å².